The Balaban J connectivity index is 0.00000364. The van der Waals surface area contributed by atoms with Crippen molar-refractivity contribution in [3.8, 4) is 0 Å². The van der Waals surface area contributed by atoms with Gasteiger partial charge in [0.05, 0.1) is 12.6 Å². The summed E-state index contributed by atoms with van der Waals surface area (Å²) in [7, 11) is 5.93. The zero-order valence-corrected chi connectivity index (χ0v) is 19.4. The Morgan fingerprint density at radius 2 is 2.00 bits per heavy atom. The number of furan rings is 1. The predicted octanol–water partition coefficient (Wildman–Crippen LogP) is 3.38. The summed E-state index contributed by atoms with van der Waals surface area (Å²) >= 11 is 0. The van der Waals surface area contributed by atoms with Gasteiger partial charge in [-0.1, -0.05) is 18.2 Å². The SMILES string of the molecule is CCOC(CCN(C)C)CNC(=NC)NCc1oc2ccccc2c1C.I. The van der Waals surface area contributed by atoms with Crippen LogP contribution in [0.15, 0.2) is 33.7 Å². The van der Waals surface area contributed by atoms with Crippen LogP contribution < -0.4 is 10.6 Å². The van der Waals surface area contributed by atoms with Crippen LogP contribution in [0.4, 0.5) is 0 Å². The molecule has 1 aromatic carbocycles. The number of guanidine groups is 1. The molecule has 0 saturated heterocycles. The molecule has 0 spiro atoms. The van der Waals surface area contributed by atoms with Crippen molar-refractivity contribution in [2.75, 3.05) is 40.8 Å². The summed E-state index contributed by atoms with van der Waals surface area (Å²) in [6, 6.07) is 8.10. The minimum Gasteiger partial charge on any atom is -0.459 e. The second-order valence-electron chi connectivity index (χ2n) is 6.62. The Labute approximate surface area is 179 Å². The topological polar surface area (TPSA) is 62.0 Å². The zero-order chi connectivity index (χ0) is 18.9. The fourth-order valence-corrected chi connectivity index (χ4v) is 2.87. The highest BCUT2D eigenvalue weighted by Crippen LogP contribution is 2.24. The summed E-state index contributed by atoms with van der Waals surface area (Å²) < 4.78 is 11.8. The highest BCUT2D eigenvalue weighted by Gasteiger charge is 2.12. The number of halogens is 1. The first-order valence-corrected chi connectivity index (χ1v) is 9.23. The Kier molecular flexibility index (Phi) is 10.7. The fraction of sp³-hybridized carbons (Fsp3) is 0.550. The molecule has 0 bridgehead atoms. The molecular formula is C20H33IN4O2. The molecule has 0 saturated carbocycles. The van der Waals surface area contributed by atoms with Crippen LogP contribution in [0.5, 0.6) is 0 Å². The van der Waals surface area contributed by atoms with Crippen molar-refractivity contribution < 1.29 is 9.15 Å². The van der Waals surface area contributed by atoms with Crippen LogP contribution >= 0.6 is 24.0 Å². The van der Waals surface area contributed by atoms with Gasteiger partial charge in [0, 0.05) is 37.7 Å². The van der Waals surface area contributed by atoms with E-state index in [1.807, 2.05) is 25.1 Å². The van der Waals surface area contributed by atoms with E-state index in [0.29, 0.717) is 13.2 Å². The zero-order valence-electron chi connectivity index (χ0n) is 17.0. The number of para-hydroxylation sites is 1. The molecule has 6 nitrogen and oxygen atoms in total. The molecule has 0 aliphatic carbocycles. The summed E-state index contributed by atoms with van der Waals surface area (Å²) in [6.45, 7) is 7.14. The number of ether oxygens (including phenoxy) is 1. The third-order valence-electron chi connectivity index (χ3n) is 4.38. The Morgan fingerprint density at radius 3 is 2.63 bits per heavy atom. The van der Waals surface area contributed by atoms with Crippen LogP contribution in [0.3, 0.4) is 0 Å². The molecule has 1 aromatic heterocycles. The summed E-state index contributed by atoms with van der Waals surface area (Å²) in [6.07, 6.45) is 1.14. The minimum absolute atomic E-state index is 0. The first-order valence-electron chi connectivity index (χ1n) is 9.23. The quantitative estimate of drug-likeness (QED) is 0.322. The molecule has 0 fully saturated rings. The number of fused-ring (bicyclic) bond motifs is 1. The molecule has 2 rings (SSSR count). The molecule has 0 aliphatic rings. The molecule has 2 aromatic rings. The highest BCUT2D eigenvalue weighted by atomic mass is 127. The van der Waals surface area contributed by atoms with Crippen LogP contribution in [-0.2, 0) is 11.3 Å². The van der Waals surface area contributed by atoms with Crippen LogP contribution in [0, 0.1) is 6.92 Å². The lowest BCUT2D eigenvalue weighted by molar-refractivity contribution is 0.0548. The minimum atomic E-state index is 0. The van der Waals surface area contributed by atoms with E-state index in [0.717, 1.165) is 42.2 Å². The number of hydrogen-bond acceptors (Lipinski definition) is 4. The van der Waals surface area contributed by atoms with Crippen molar-refractivity contribution in [1.82, 2.24) is 15.5 Å². The number of aliphatic imine (C=N–C) groups is 1. The lowest BCUT2D eigenvalue weighted by atomic mass is 10.1. The maximum atomic E-state index is 5.95. The van der Waals surface area contributed by atoms with Gasteiger partial charge < -0.3 is 24.7 Å². The van der Waals surface area contributed by atoms with E-state index >= 15 is 0 Å². The summed E-state index contributed by atoms with van der Waals surface area (Å²) in [5.74, 6) is 1.68. The monoisotopic (exact) mass is 488 g/mol. The largest absolute Gasteiger partial charge is 0.459 e. The first-order chi connectivity index (χ1) is 12.5. The number of nitrogens with zero attached hydrogens (tertiary/aromatic N) is 2. The van der Waals surface area contributed by atoms with Crippen LogP contribution in [0.2, 0.25) is 0 Å². The number of nitrogens with one attached hydrogen (secondary N) is 2. The molecular weight excluding hydrogens is 455 g/mol. The van der Waals surface area contributed by atoms with Crippen molar-refractivity contribution in [1.29, 1.82) is 0 Å². The van der Waals surface area contributed by atoms with Gasteiger partial charge in [0.15, 0.2) is 5.96 Å². The molecule has 1 unspecified atom stereocenters. The van der Waals surface area contributed by atoms with Gasteiger partial charge in [-0.3, -0.25) is 4.99 Å². The molecule has 1 atom stereocenters. The number of aryl methyl sites for hydroxylation is 1. The smallest absolute Gasteiger partial charge is 0.191 e. The molecule has 1 heterocycles. The summed E-state index contributed by atoms with van der Waals surface area (Å²) in [5, 5.41) is 7.84. The summed E-state index contributed by atoms with van der Waals surface area (Å²) in [4.78, 5) is 6.47. The molecule has 7 heteroatoms. The normalized spacial score (nSPS) is 12.9. The molecule has 2 N–H and O–H groups in total. The Bertz CT molecular complexity index is 715. The van der Waals surface area contributed by atoms with Crippen molar-refractivity contribution >= 4 is 40.9 Å². The van der Waals surface area contributed by atoms with E-state index in [9.17, 15) is 0 Å². The lowest BCUT2D eigenvalue weighted by Gasteiger charge is -2.21. The maximum absolute atomic E-state index is 5.95. The van der Waals surface area contributed by atoms with E-state index in [1.54, 1.807) is 7.05 Å². The fourth-order valence-electron chi connectivity index (χ4n) is 2.87. The van der Waals surface area contributed by atoms with Crippen molar-refractivity contribution in [3.63, 3.8) is 0 Å². The van der Waals surface area contributed by atoms with E-state index in [1.165, 1.54) is 5.56 Å². The predicted molar refractivity (Wildman–Crippen MR) is 123 cm³/mol. The van der Waals surface area contributed by atoms with E-state index in [-0.39, 0.29) is 30.1 Å². The van der Waals surface area contributed by atoms with Gasteiger partial charge in [-0.25, -0.2) is 0 Å². The first kappa shape index (κ1) is 23.7. The van der Waals surface area contributed by atoms with Crippen molar-refractivity contribution in [2.45, 2.75) is 32.9 Å². The van der Waals surface area contributed by atoms with Crippen LogP contribution in [0.1, 0.15) is 24.7 Å². The van der Waals surface area contributed by atoms with Crippen molar-refractivity contribution in [2.24, 2.45) is 4.99 Å². The second-order valence-corrected chi connectivity index (χ2v) is 6.62. The van der Waals surface area contributed by atoms with Gasteiger partial charge in [-0.2, -0.15) is 0 Å². The van der Waals surface area contributed by atoms with Gasteiger partial charge in [0.1, 0.15) is 11.3 Å². The maximum Gasteiger partial charge on any atom is 0.191 e. The van der Waals surface area contributed by atoms with Gasteiger partial charge in [0.2, 0.25) is 0 Å². The molecule has 27 heavy (non-hydrogen) atoms. The second kappa shape index (κ2) is 12.2. The number of rotatable bonds is 9. The van der Waals surface area contributed by atoms with Gasteiger partial charge in [-0.15, -0.1) is 24.0 Å². The lowest BCUT2D eigenvalue weighted by Crippen LogP contribution is -2.42. The molecule has 0 radical (unpaired) electrons. The van der Waals surface area contributed by atoms with Gasteiger partial charge in [-0.05, 0) is 40.4 Å². The van der Waals surface area contributed by atoms with E-state index in [4.69, 9.17) is 9.15 Å². The third kappa shape index (κ3) is 7.31. The highest BCUT2D eigenvalue weighted by molar-refractivity contribution is 14.0. The Morgan fingerprint density at radius 1 is 1.26 bits per heavy atom. The van der Waals surface area contributed by atoms with Crippen LogP contribution in [-0.4, -0.2) is 57.8 Å². The molecule has 0 aliphatic heterocycles. The average molecular weight is 488 g/mol. The third-order valence-corrected chi connectivity index (χ3v) is 4.38. The van der Waals surface area contributed by atoms with Gasteiger partial charge >= 0.3 is 0 Å². The molecule has 0 amide bonds. The number of hydrogen-bond donors (Lipinski definition) is 2. The standard InChI is InChI=1S/C20H32N4O2.HI/c1-6-25-16(11-12-24(4)5)13-22-20(21-3)23-14-19-15(2)17-9-7-8-10-18(17)26-19;/h7-10,16H,6,11-14H2,1-5H3,(H2,21,22,23);1H. The van der Waals surface area contributed by atoms with Crippen molar-refractivity contribution in [3.05, 3.63) is 35.6 Å². The van der Waals surface area contributed by atoms with Crippen LogP contribution in [0.25, 0.3) is 11.0 Å². The molecule has 152 valence electrons. The Hall–Kier alpha value is -1.32. The summed E-state index contributed by atoms with van der Waals surface area (Å²) in [5.41, 5.74) is 2.09. The van der Waals surface area contributed by atoms with Gasteiger partial charge in [0.25, 0.3) is 0 Å². The van der Waals surface area contributed by atoms with E-state index in [2.05, 4.69) is 47.6 Å². The number of benzene rings is 1. The van der Waals surface area contributed by atoms with E-state index < -0.39 is 0 Å². The average Bonchev–Trinajstić information content (AvgIpc) is 2.96.